The Morgan fingerprint density at radius 2 is 1.97 bits per heavy atom. The molecule has 1 saturated carbocycles. The van der Waals surface area contributed by atoms with E-state index < -0.39 is 5.41 Å². The lowest BCUT2D eigenvalue weighted by Crippen LogP contribution is -2.51. The van der Waals surface area contributed by atoms with Crippen LogP contribution < -0.4 is 14.8 Å². The van der Waals surface area contributed by atoms with E-state index in [1.54, 1.807) is 26.4 Å². The van der Waals surface area contributed by atoms with E-state index in [4.69, 9.17) is 9.47 Å². The largest absolute Gasteiger partial charge is 0.493 e. The van der Waals surface area contributed by atoms with Gasteiger partial charge in [-0.2, -0.15) is 0 Å². The van der Waals surface area contributed by atoms with Crippen molar-refractivity contribution in [1.82, 2.24) is 10.2 Å². The van der Waals surface area contributed by atoms with E-state index in [1.807, 2.05) is 12.1 Å². The Hall–Kier alpha value is -2.86. The minimum Gasteiger partial charge on any atom is -0.493 e. The fraction of sp³-hybridized carbons (Fsp3) is 0.423. The lowest BCUT2D eigenvalue weighted by molar-refractivity contribution is -0.134. The van der Waals surface area contributed by atoms with E-state index in [9.17, 15) is 9.18 Å². The number of benzene rings is 2. The summed E-state index contributed by atoms with van der Waals surface area (Å²) in [5, 5.41) is 3.14. The zero-order valence-electron chi connectivity index (χ0n) is 18.8. The van der Waals surface area contributed by atoms with Gasteiger partial charge >= 0.3 is 0 Å². The van der Waals surface area contributed by atoms with Crippen molar-refractivity contribution in [2.75, 3.05) is 20.8 Å². The van der Waals surface area contributed by atoms with Crippen molar-refractivity contribution in [3.8, 4) is 11.5 Å². The summed E-state index contributed by atoms with van der Waals surface area (Å²) in [5.74, 6) is 1.27. The molecule has 0 spiro atoms. The number of para-hydroxylation sites is 1. The third kappa shape index (κ3) is 4.37. The molecular weight excluding hydrogens is 407 g/mol. The molecule has 4 rings (SSSR count). The van der Waals surface area contributed by atoms with Crippen LogP contribution in [0.3, 0.4) is 0 Å². The summed E-state index contributed by atoms with van der Waals surface area (Å²) in [6.45, 7) is 1.88. The number of halogens is 1. The molecule has 1 heterocycles. The first-order valence-electron chi connectivity index (χ1n) is 11.2. The van der Waals surface area contributed by atoms with E-state index >= 15 is 0 Å². The number of fused-ring (bicyclic) bond motifs is 1. The number of carbonyl (C=O) groups excluding carboxylic acids is 1. The van der Waals surface area contributed by atoms with Crippen LogP contribution in [0.2, 0.25) is 0 Å². The molecule has 5 nitrogen and oxygen atoms in total. The monoisotopic (exact) mass is 438 g/mol. The third-order valence-electron chi connectivity index (χ3n) is 6.84. The van der Waals surface area contributed by atoms with Crippen LogP contribution in [0, 0.1) is 11.2 Å². The molecule has 2 aromatic rings. The molecule has 2 aromatic carbocycles. The molecule has 1 fully saturated rings. The van der Waals surface area contributed by atoms with Crippen molar-refractivity contribution >= 4 is 5.91 Å². The summed E-state index contributed by atoms with van der Waals surface area (Å²) < 4.78 is 24.3. The molecule has 0 aromatic heterocycles. The van der Waals surface area contributed by atoms with Crippen molar-refractivity contribution in [3.05, 3.63) is 71.6 Å². The fourth-order valence-electron chi connectivity index (χ4n) is 5.24. The molecule has 0 radical (unpaired) electrons. The molecule has 0 bridgehead atoms. The highest BCUT2D eigenvalue weighted by atomic mass is 19.1. The van der Waals surface area contributed by atoms with Gasteiger partial charge in [0.25, 0.3) is 0 Å². The number of allylic oxidation sites excluding steroid dienone is 1. The fourth-order valence-corrected chi connectivity index (χ4v) is 5.24. The number of methoxy groups -OCH3 is 2. The molecule has 1 amide bonds. The molecule has 0 saturated heterocycles. The zero-order valence-corrected chi connectivity index (χ0v) is 18.8. The highest BCUT2D eigenvalue weighted by Crippen LogP contribution is 2.47. The van der Waals surface area contributed by atoms with Crippen molar-refractivity contribution in [1.29, 1.82) is 0 Å². The first kappa shape index (κ1) is 22.3. The Bertz CT molecular complexity index is 976. The number of amides is 1. The van der Waals surface area contributed by atoms with Gasteiger partial charge in [-0.25, -0.2) is 4.39 Å². The lowest BCUT2D eigenvalue weighted by atomic mass is 9.77. The molecular formula is C26H31FN2O3. The average molecular weight is 439 g/mol. The van der Waals surface area contributed by atoms with Crippen LogP contribution in [-0.4, -0.2) is 37.6 Å². The van der Waals surface area contributed by atoms with Crippen LogP contribution in [0.25, 0.3) is 0 Å². The number of rotatable bonds is 7. The molecule has 1 aliphatic heterocycles. The Labute approximate surface area is 189 Å². The summed E-state index contributed by atoms with van der Waals surface area (Å²) in [5.41, 5.74) is 1.49. The standard InChI is InChI=1S/C26H31FN2O3/c1-31-22-8-5-7-20(24(22)32-2)18-29-16-4-3-14-26(15-6-9-23(26)29)25(30)28-17-19-10-12-21(27)13-11-19/h3-5,7-8,10-13,23H,6,9,14-18H2,1-2H3,(H,28,30)/t23-,26-/m1/s1. The molecule has 2 atom stereocenters. The van der Waals surface area contributed by atoms with Gasteiger partial charge in [-0.15, -0.1) is 0 Å². The van der Waals surface area contributed by atoms with Gasteiger partial charge < -0.3 is 14.8 Å². The summed E-state index contributed by atoms with van der Waals surface area (Å²) in [4.78, 5) is 15.9. The number of nitrogens with one attached hydrogen (secondary N) is 1. The molecule has 1 N–H and O–H groups in total. The maximum Gasteiger partial charge on any atom is 0.228 e. The van der Waals surface area contributed by atoms with Gasteiger partial charge in [-0.3, -0.25) is 9.69 Å². The lowest BCUT2D eigenvalue weighted by Gasteiger charge is -2.39. The van der Waals surface area contributed by atoms with E-state index in [1.165, 1.54) is 12.1 Å². The Morgan fingerprint density at radius 1 is 1.16 bits per heavy atom. The highest BCUT2D eigenvalue weighted by molar-refractivity contribution is 5.84. The van der Waals surface area contributed by atoms with E-state index in [0.29, 0.717) is 18.8 Å². The number of ether oxygens (including phenoxy) is 2. The quantitative estimate of drug-likeness (QED) is 0.649. The second kappa shape index (κ2) is 9.74. The van der Waals surface area contributed by atoms with Gasteiger partial charge in [0.1, 0.15) is 5.82 Å². The molecule has 170 valence electrons. The normalized spacial score (nSPS) is 22.8. The highest BCUT2D eigenvalue weighted by Gasteiger charge is 2.50. The predicted octanol–water partition coefficient (Wildman–Crippen LogP) is 4.46. The Kier molecular flexibility index (Phi) is 6.80. The molecule has 0 unspecified atom stereocenters. The Balaban J connectivity index is 1.55. The van der Waals surface area contributed by atoms with E-state index in [2.05, 4.69) is 28.4 Å². The summed E-state index contributed by atoms with van der Waals surface area (Å²) in [6, 6.07) is 12.4. The number of hydrogen-bond donors (Lipinski definition) is 1. The first-order chi connectivity index (χ1) is 15.6. The average Bonchev–Trinajstić information content (AvgIpc) is 3.17. The maximum absolute atomic E-state index is 13.5. The van der Waals surface area contributed by atoms with Crippen molar-refractivity contribution < 1.29 is 18.7 Å². The molecule has 2 aliphatic rings. The second-order valence-corrected chi connectivity index (χ2v) is 8.63. The SMILES string of the molecule is COc1cccc(CN2CC=CC[C@@]3(C(=O)NCc4ccc(F)cc4)CCC[C@@H]23)c1OC. The second-order valence-electron chi connectivity index (χ2n) is 8.63. The van der Waals surface area contributed by atoms with Gasteiger partial charge in [0.2, 0.25) is 5.91 Å². The minimum absolute atomic E-state index is 0.0819. The number of hydrogen-bond acceptors (Lipinski definition) is 4. The number of nitrogens with zero attached hydrogens (tertiary/aromatic N) is 1. The van der Waals surface area contributed by atoms with E-state index in [0.717, 1.165) is 49.1 Å². The summed E-state index contributed by atoms with van der Waals surface area (Å²) >= 11 is 0. The van der Waals surface area contributed by atoms with Crippen LogP contribution >= 0.6 is 0 Å². The van der Waals surface area contributed by atoms with Crippen molar-refractivity contribution in [3.63, 3.8) is 0 Å². The molecule has 1 aliphatic carbocycles. The van der Waals surface area contributed by atoms with Crippen LogP contribution in [-0.2, 0) is 17.9 Å². The van der Waals surface area contributed by atoms with Crippen LogP contribution in [0.15, 0.2) is 54.6 Å². The van der Waals surface area contributed by atoms with E-state index in [-0.39, 0.29) is 17.8 Å². The van der Waals surface area contributed by atoms with Crippen molar-refractivity contribution in [2.24, 2.45) is 5.41 Å². The maximum atomic E-state index is 13.5. The summed E-state index contributed by atoms with van der Waals surface area (Å²) in [7, 11) is 3.30. The third-order valence-corrected chi connectivity index (χ3v) is 6.84. The molecule has 32 heavy (non-hydrogen) atoms. The van der Waals surface area contributed by atoms with Gasteiger partial charge in [-0.1, -0.05) is 42.8 Å². The van der Waals surface area contributed by atoms with Gasteiger partial charge in [0.15, 0.2) is 11.5 Å². The summed E-state index contributed by atoms with van der Waals surface area (Å²) in [6.07, 6.45) is 7.92. The van der Waals surface area contributed by atoms with Crippen LogP contribution in [0.1, 0.15) is 36.8 Å². The minimum atomic E-state index is -0.459. The number of carbonyl (C=O) groups is 1. The van der Waals surface area contributed by atoms with Crippen LogP contribution in [0.5, 0.6) is 11.5 Å². The van der Waals surface area contributed by atoms with Gasteiger partial charge in [-0.05, 0) is 43.0 Å². The van der Waals surface area contributed by atoms with Gasteiger partial charge in [0.05, 0.1) is 19.6 Å². The topological polar surface area (TPSA) is 50.8 Å². The van der Waals surface area contributed by atoms with Crippen LogP contribution in [0.4, 0.5) is 4.39 Å². The molecule has 6 heteroatoms. The van der Waals surface area contributed by atoms with Gasteiger partial charge in [0, 0.05) is 31.2 Å². The van der Waals surface area contributed by atoms with Crippen molar-refractivity contribution in [2.45, 2.75) is 44.8 Å². The Morgan fingerprint density at radius 3 is 2.72 bits per heavy atom. The smallest absolute Gasteiger partial charge is 0.228 e. The first-order valence-corrected chi connectivity index (χ1v) is 11.2. The zero-order chi connectivity index (χ0) is 22.6. The predicted molar refractivity (Wildman–Crippen MR) is 122 cm³/mol.